The lowest BCUT2D eigenvalue weighted by Gasteiger charge is -2.12. The van der Waals surface area contributed by atoms with Crippen LogP contribution in [0.4, 0.5) is 18.9 Å². The van der Waals surface area contributed by atoms with Gasteiger partial charge >= 0.3 is 12.1 Å². The molecule has 0 radical (unpaired) electrons. The molecule has 0 fully saturated rings. The molecule has 3 aromatic carbocycles. The average molecular weight is 411 g/mol. The summed E-state index contributed by atoms with van der Waals surface area (Å²) < 4.78 is 44.9. The molecule has 0 amide bonds. The zero-order chi connectivity index (χ0) is 21.5. The number of nitrogens with zero attached hydrogens (tertiary/aromatic N) is 1. The Hall–Kier alpha value is -3.94. The minimum absolute atomic E-state index is 0.0311. The number of hydrogen-bond donors (Lipinski definition) is 0. The fraction of sp³-hybridized carbons (Fsp3) is 0.0455. The second-order valence-corrected chi connectivity index (χ2v) is 6.55. The van der Waals surface area contributed by atoms with Crippen molar-refractivity contribution in [3.8, 4) is 11.1 Å². The minimum atomic E-state index is -4.51. The molecule has 4 rings (SSSR count). The predicted molar refractivity (Wildman–Crippen MR) is 103 cm³/mol. The third-order valence-electron chi connectivity index (χ3n) is 4.65. The number of non-ortho nitro benzene ring substituents is 1. The van der Waals surface area contributed by atoms with E-state index in [0.29, 0.717) is 22.3 Å². The lowest BCUT2D eigenvalue weighted by Crippen LogP contribution is -2.05. The summed E-state index contributed by atoms with van der Waals surface area (Å²) in [6.45, 7) is 0. The van der Waals surface area contributed by atoms with Crippen LogP contribution in [0.1, 0.15) is 27.0 Å². The van der Waals surface area contributed by atoms with Crippen LogP contribution >= 0.6 is 0 Å². The number of hydrogen-bond acceptors (Lipinski definition) is 4. The summed E-state index contributed by atoms with van der Waals surface area (Å²) in [4.78, 5) is 22.5. The zero-order valence-electron chi connectivity index (χ0n) is 15.1. The number of nitro benzene ring substituents is 1. The highest BCUT2D eigenvalue weighted by atomic mass is 19.4. The molecule has 3 aromatic rings. The maximum Gasteiger partial charge on any atom is 0.416 e. The molecule has 5 nitrogen and oxygen atoms in total. The molecule has 0 unspecified atom stereocenters. The number of carbonyl (C=O) groups excluding carboxylic acids is 1. The van der Waals surface area contributed by atoms with Gasteiger partial charge in [-0.1, -0.05) is 36.4 Å². The topological polar surface area (TPSA) is 69.4 Å². The van der Waals surface area contributed by atoms with Crippen LogP contribution in [0.15, 0.2) is 66.7 Å². The predicted octanol–water partition coefficient (Wildman–Crippen LogP) is 5.95. The molecular formula is C22H12F3NO4. The highest BCUT2D eigenvalue weighted by molar-refractivity contribution is 6.06. The molecule has 0 saturated heterocycles. The van der Waals surface area contributed by atoms with E-state index in [1.165, 1.54) is 24.3 Å². The van der Waals surface area contributed by atoms with Gasteiger partial charge in [-0.05, 0) is 41.0 Å². The van der Waals surface area contributed by atoms with Crippen molar-refractivity contribution in [2.75, 3.05) is 0 Å². The molecule has 8 heteroatoms. The maximum absolute atomic E-state index is 13.2. The molecule has 0 bridgehead atoms. The van der Waals surface area contributed by atoms with Gasteiger partial charge in [-0.25, -0.2) is 4.79 Å². The van der Waals surface area contributed by atoms with Gasteiger partial charge in [-0.3, -0.25) is 10.1 Å². The summed E-state index contributed by atoms with van der Waals surface area (Å²) >= 11 is 0. The number of nitro groups is 1. The first-order chi connectivity index (χ1) is 14.2. The van der Waals surface area contributed by atoms with Gasteiger partial charge in [-0.2, -0.15) is 13.2 Å². The van der Waals surface area contributed by atoms with Crippen molar-refractivity contribution < 1.29 is 27.6 Å². The summed E-state index contributed by atoms with van der Waals surface area (Å²) in [7, 11) is 0. The van der Waals surface area contributed by atoms with Crippen LogP contribution in [0.2, 0.25) is 0 Å². The number of esters is 1. The molecule has 1 aliphatic rings. The molecule has 0 aliphatic carbocycles. The van der Waals surface area contributed by atoms with Gasteiger partial charge in [0.25, 0.3) is 5.69 Å². The molecule has 30 heavy (non-hydrogen) atoms. The fourth-order valence-corrected chi connectivity index (χ4v) is 3.21. The third-order valence-corrected chi connectivity index (χ3v) is 4.65. The summed E-state index contributed by atoms with van der Waals surface area (Å²) in [5.74, 6) is -0.644. The number of carbonyl (C=O) groups is 1. The largest absolute Gasteiger partial charge is 0.422 e. The summed E-state index contributed by atoms with van der Waals surface area (Å²) in [6.07, 6.45) is -3.06. The first kappa shape index (κ1) is 19.4. The van der Waals surface area contributed by atoms with E-state index in [1.54, 1.807) is 30.3 Å². The van der Waals surface area contributed by atoms with E-state index in [4.69, 9.17) is 4.74 Å². The molecule has 150 valence electrons. The number of benzene rings is 3. The van der Waals surface area contributed by atoms with Crippen LogP contribution in [0, 0.1) is 10.1 Å². The van der Waals surface area contributed by atoms with Gasteiger partial charge in [-0.15, -0.1) is 0 Å². The van der Waals surface area contributed by atoms with Crippen LogP contribution in [-0.2, 0) is 10.9 Å². The number of fused-ring (bicyclic) bond motifs is 1. The van der Waals surface area contributed by atoms with Gasteiger partial charge in [0.15, 0.2) is 0 Å². The number of alkyl halides is 3. The highest BCUT2D eigenvalue weighted by Gasteiger charge is 2.32. The van der Waals surface area contributed by atoms with Gasteiger partial charge < -0.3 is 4.74 Å². The Morgan fingerprint density at radius 1 is 0.900 bits per heavy atom. The lowest BCUT2D eigenvalue weighted by atomic mass is 9.95. The van der Waals surface area contributed by atoms with E-state index in [1.807, 2.05) is 0 Å². The van der Waals surface area contributed by atoms with Crippen LogP contribution in [0.25, 0.3) is 23.0 Å². The highest BCUT2D eigenvalue weighted by Crippen LogP contribution is 2.38. The smallest absolute Gasteiger partial charge is 0.416 e. The Morgan fingerprint density at radius 3 is 2.30 bits per heavy atom. The van der Waals surface area contributed by atoms with Crippen molar-refractivity contribution in [2.24, 2.45) is 0 Å². The molecule has 1 aliphatic heterocycles. The molecular weight excluding hydrogens is 399 g/mol. The minimum Gasteiger partial charge on any atom is -0.422 e. The van der Waals surface area contributed by atoms with Crippen molar-refractivity contribution in [1.82, 2.24) is 0 Å². The van der Waals surface area contributed by atoms with Gasteiger partial charge in [0.1, 0.15) is 5.76 Å². The molecule has 0 atom stereocenters. The molecule has 0 N–H and O–H groups in total. The average Bonchev–Trinajstić information content (AvgIpc) is 3.03. The second kappa shape index (κ2) is 7.14. The zero-order valence-corrected chi connectivity index (χ0v) is 15.1. The van der Waals surface area contributed by atoms with E-state index >= 15 is 0 Å². The Balaban J connectivity index is 1.85. The van der Waals surface area contributed by atoms with E-state index < -0.39 is 22.6 Å². The molecule has 0 spiro atoms. The van der Waals surface area contributed by atoms with E-state index in [0.717, 1.165) is 18.2 Å². The first-order valence-electron chi connectivity index (χ1n) is 8.73. The standard InChI is InChI=1S/C22H12F3NO4/c23-22(24,25)15-7-6-14(18(11-15)13-4-2-1-3-5-13)10-20-17-9-8-16(26(28)29)12-19(17)21(27)30-20/h1-12H. The van der Waals surface area contributed by atoms with Gasteiger partial charge in [0.2, 0.25) is 0 Å². The van der Waals surface area contributed by atoms with Gasteiger partial charge in [0.05, 0.1) is 16.1 Å². The van der Waals surface area contributed by atoms with Crippen LogP contribution in [-0.4, -0.2) is 10.9 Å². The van der Waals surface area contributed by atoms with E-state index in [-0.39, 0.29) is 17.0 Å². The van der Waals surface area contributed by atoms with E-state index in [2.05, 4.69) is 0 Å². The van der Waals surface area contributed by atoms with Crippen LogP contribution in [0.3, 0.4) is 0 Å². The van der Waals surface area contributed by atoms with E-state index in [9.17, 15) is 28.1 Å². The molecule has 0 aromatic heterocycles. The first-order valence-corrected chi connectivity index (χ1v) is 8.73. The number of ether oxygens (including phenoxy) is 1. The van der Waals surface area contributed by atoms with Crippen LogP contribution < -0.4 is 0 Å². The molecule has 0 saturated carbocycles. The summed E-state index contributed by atoms with van der Waals surface area (Å²) in [6, 6.07) is 15.5. The van der Waals surface area contributed by atoms with Crippen molar-refractivity contribution >= 4 is 23.5 Å². The quantitative estimate of drug-likeness (QED) is 0.303. The van der Waals surface area contributed by atoms with Crippen molar-refractivity contribution in [3.05, 3.63) is 99.1 Å². The molecule has 1 heterocycles. The van der Waals surface area contributed by atoms with Gasteiger partial charge in [0, 0.05) is 17.7 Å². The van der Waals surface area contributed by atoms with Crippen molar-refractivity contribution in [3.63, 3.8) is 0 Å². The Bertz CT molecular complexity index is 1200. The summed E-state index contributed by atoms with van der Waals surface area (Å²) in [5.41, 5.74) is 0.582. The SMILES string of the molecule is O=C1OC(=Cc2ccc(C(F)(F)F)cc2-c2ccccc2)c2ccc([N+](=O)[O-])cc21. The fourth-order valence-electron chi connectivity index (χ4n) is 3.21. The number of halogens is 3. The maximum atomic E-state index is 13.2. The normalized spacial score (nSPS) is 14.5. The van der Waals surface area contributed by atoms with Crippen molar-refractivity contribution in [2.45, 2.75) is 6.18 Å². The lowest BCUT2D eigenvalue weighted by molar-refractivity contribution is -0.384. The number of cyclic esters (lactones) is 1. The van der Waals surface area contributed by atoms with Crippen molar-refractivity contribution in [1.29, 1.82) is 0 Å². The monoisotopic (exact) mass is 411 g/mol. The Labute approximate surface area is 168 Å². The Kier molecular flexibility index (Phi) is 4.62. The Morgan fingerprint density at radius 2 is 1.63 bits per heavy atom. The summed E-state index contributed by atoms with van der Waals surface area (Å²) in [5, 5.41) is 10.9. The van der Waals surface area contributed by atoms with Crippen LogP contribution in [0.5, 0.6) is 0 Å². The number of rotatable bonds is 3. The third kappa shape index (κ3) is 3.55. The second-order valence-electron chi connectivity index (χ2n) is 6.55.